The van der Waals surface area contributed by atoms with E-state index in [4.69, 9.17) is 18.9 Å². The molecular weight excluding hydrogens is 522 g/mol. The fourth-order valence-electron chi connectivity index (χ4n) is 2.99. The van der Waals surface area contributed by atoms with Crippen molar-refractivity contribution in [3.05, 3.63) is 45.9 Å². The van der Waals surface area contributed by atoms with E-state index in [1.807, 2.05) is 37.4 Å². The molecule has 12 heteroatoms. The number of nitrogens with zero attached hydrogens (tertiary/aromatic N) is 4. The Labute approximate surface area is 204 Å². The van der Waals surface area contributed by atoms with Crippen molar-refractivity contribution in [3.63, 3.8) is 0 Å². The fourth-order valence-corrected chi connectivity index (χ4v) is 4.34. The SMILES string of the molecule is COc1cc(CNCCSc2nnnn2C)cc(Br)c1OCc1ccc2c(c1)OCO2.Cl. The van der Waals surface area contributed by atoms with Gasteiger partial charge in [0.15, 0.2) is 23.0 Å². The first-order valence-electron chi connectivity index (χ1n) is 9.57. The molecular formula is C20H23BrClN5O4S. The molecule has 2 heterocycles. The van der Waals surface area contributed by atoms with Gasteiger partial charge in [0.05, 0.1) is 11.6 Å². The molecule has 0 amide bonds. The van der Waals surface area contributed by atoms with Crippen LogP contribution >= 0.6 is 40.1 Å². The van der Waals surface area contributed by atoms with Gasteiger partial charge in [0.1, 0.15) is 6.61 Å². The third-order valence-electron chi connectivity index (χ3n) is 4.53. The second-order valence-corrected chi connectivity index (χ2v) is 8.61. The number of ether oxygens (including phenoxy) is 4. The molecule has 0 atom stereocenters. The summed E-state index contributed by atoms with van der Waals surface area (Å²) in [6, 6.07) is 9.79. The Hall–Kier alpha value is -2.21. The van der Waals surface area contributed by atoms with Crippen molar-refractivity contribution >= 4 is 40.1 Å². The number of rotatable bonds is 10. The Morgan fingerprint density at radius 1 is 1.19 bits per heavy atom. The van der Waals surface area contributed by atoms with E-state index in [1.54, 1.807) is 23.6 Å². The maximum absolute atomic E-state index is 6.04. The van der Waals surface area contributed by atoms with Crippen LogP contribution in [0.3, 0.4) is 0 Å². The van der Waals surface area contributed by atoms with Gasteiger partial charge in [-0.25, -0.2) is 4.68 Å². The number of tetrazole rings is 1. The molecule has 3 aromatic rings. The van der Waals surface area contributed by atoms with E-state index in [0.717, 1.165) is 44.6 Å². The van der Waals surface area contributed by atoms with Crippen LogP contribution in [0.25, 0.3) is 0 Å². The highest BCUT2D eigenvalue weighted by Crippen LogP contribution is 2.38. The van der Waals surface area contributed by atoms with Crippen LogP contribution in [0.1, 0.15) is 11.1 Å². The molecule has 9 nitrogen and oxygen atoms in total. The van der Waals surface area contributed by atoms with Gasteiger partial charge in [-0.05, 0) is 61.7 Å². The van der Waals surface area contributed by atoms with Crippen LogP contribution < -0.4 is 24.3 Å². The molecule has 0 spiro atoms. The third kappa shape index (κ3) is 5.97. The van der Waals surface area contributed by atoms with Crippen molar-refractivity contribution in [2.24, 2.45) is 7.05 Å². The molecule has 0 unspecified atom stereocenters. The van der Waals surface area contributed by atoms with Crippen molar-refractivity contribution in [1.82, 2.24) is 25.5 Å². The average molecular weight is 545 g/mol. The second kappa shape index (κ2) is 11.6. The van der Waals surface area contributed by atoms with Crippen molar-refractivity contribution in [3.8, 4) is 23.0 Å². The summed E-state index contributed by atoms with van der Waals surface area (Å²) in [5.41, 5.74) is 2.07. The molecule has 2 aromatic carbocycles. The Bertz CT molecular complexity index is 1050. The number of benzene rings is 2. The lowest BCUT2D eigenvalue weighted by Gasteiger charge is -2.15. The van der Waals surface area contributed by atoms with E-state index in [0.29, 0.717) is 24.7 Å². The fraction of sp³-hybridized carbons (Fsp3) is 0.350. The number of hydrogen-bond donors (Lipinski definition) is 1. The molecule has 0 radical (unpaired) electrons. The van der Waals surface area contributed by atoms with Gasteiger partial charge in [-0.15, -0.1) is 17.5 Å². The van der Waals surface area contributed by atoms with Crippen molar-refractivity contribution in [2.45, 2.75) is 18.3 Å². The molecule has 0 aliphatic carbocycles. The molecule has 4 rings (SSSR count). The van der Waals surface area contributed by atoms with Gasteiger partial charge in [0, 0.05) is 25.9 Å². The summed E-state index contributed by atoms with van der Waals surface area (Å²) in [4.78, 5) is 0. The van der Waals surface area contributed by atoms with Crippen molar-refractivity contribution in [1.29, 1.82) is 0 Å². The van der Waals surface area contributed by atoms with Gasteiger partial charge in [-0.1, -0.05) is 17.8 Å². The summed E-state index contributed by atoms with van der Waals surface area (Å²) in [5, 5.41) is 15.6. The number of aryl methyl sites for hydroxylation is 1. The predicted octanol–water partition coefficient (Wildman–Crippen LogP) is 3.59. The monoisotopic (exact) mass is 543 g/mol. The summed E-state index contributed by atoms with van der Waals surface area (Å²) >= 11 is 5.22. The molecule has 32 heavy (non-hydrogen) atoms. The second-order valence-electron chi connectivity index (χ2n) is 6.70. The van der Waals surface area contributed by atoms with Crippen LogP contribution in [0.5, 0.6) is 23.0 Å². The molecule has 1 N–H and O–H groups in total. The minimum absolute atomic E-state index is 0. The van der Waals surface area contributed by atoms with Gasteiger partial charge in [-0.3, -0.25) is 0 Å². The highest BCUT2D eigenvalue weighted by Gasteiger charge is 2.15. The van der Waals surface area contributed by atoms with Crippen LogP contribution in [-0.2, 0) is 20.2 Å². The summed E-state index contributed by atoms with van der Waals surface area (Å²) in [6.45, 7) is 2.16. The standard InChI is InChI=1S/C20H22BrN5O4S.ClH/c1-26-20(23-24-25-26)31-6-5-22-10-14-7-15(21)19(18(9-14)27-2)28-11-13-3-4-16-17(8-13)30-12-29-16;/h3-4,7-9,22H,5-6,10-12H2,1-2H3;1H. The number of halogens is 2. The first-order chi connectivity index (χ1) is 15.1. The molecule has 1 aliphatic rings. The van der Waals surface area contributed by atoms with E-state index >= 15 is 0 Å². The molecule has 0 fully saturated rings. The maximum atomic E-state index is 6.04. The van der Waals surface area contributed by atoms with Crippen molar-refractivity contribution in [2.75, 3.05) is 26.2 Å². The lowest BCUT2D eigenvalue weighted by molar-refractivity contribution is 0.174. The number of aromatic nitrogens is 4. The Morgan fingerprint density at radius 3 is 2.81 bits per heavy atom. The van der Waals surface area contributed by atoms with E-state index < -0.39 is 0 Å². The zero-order valence-electron chi connectivity index (χ0n) is 17.5. The highest BCUT2D eigenvalue weighted by atomic mass is 79.9. The summed E-state index contributed by atoms with van der Waals surface area (Å²) in [7, 11) is 3.47. The van der Waals surface area contributed by atoms with Gasteiger partial charge >= 0.3 is 0 Å². The van der Waals surface area contributed by atoms with E-state index in [1.165, 1.54) is 0 Å². The Balaban J connectivity index is 0.00000289. The highest BCUT2D eigenvalue weighted by molar-refractivity contribution is 9.10. The van der Waals surface area contributed by atoms with Gasteiger partial charge in [0.25, 0.3) is 0 Å². The zero-order valence-corrected chi connectivity index (χ0v) is 20.8. The molecule has 1 aromatic heterocycles. The lowest BCUT2D eigenvalue weighted by atomic mass is 10.2. The first-order valence-corrected chi connectivity index (χ1v) is 11.4. The normalized spacial score (nSPS) is 11.8. The third-order valence-corrected chi connectivity index (χ3v) is 6.13. The van der Waals surface area contributed by atoms with Gasteiger partial charge < -0.3 is 24.3 Å². The van der Waals surface area contributed by atoms with E-state index in [2.05, 4.69) is 36.8 Å². The molecule has 0 bridgehead atoms. The lowest BCUT2D eigenvalue weighted by Crippen LogP contribution is -2.17. The summed E-state index contributed by atoms with van der Waals surface area (Å²) < 4.78 is 24.9. The Morgan fingerprint density at radius 2 is 2.03 bits per heavy atom. The number of hydrogen-bond acceptors (Lipinski definition) is 9. The predicted molar refractivity (Wildman–Crippen MR) is 126 cm³/mol. The molecule has 0 saturated carbocycles. The quantitative estimate of drug-likeness (QED) is 0.304. The smallest absolute Gasteiger partial charge is 0.231 e. The Kier molecular flexibility index (Phi) is 8.85. The van der Waals surface area contributed by atoms with Crippen LogP contribution in [0.4, 0.5) is 0 Å². The van der Waals surface area contributed by atoms with E-state index in [9.17, 15) is 0 Å². The number of nitrogens with one attached hydrogen (secondary N) is 1. The molecule has 172 valence electrons. The number of methoxy groups -OCH3 is 1. The van der Waals surface area contributed by atoms with Gasteiger partial charge in [0.2, 0.25) is 11.9 Å². The molecule has 1 aliphatic heterocycles. The number of fused-ring (bicyclic) bond motifs is 1. The summed E-state index contributed by atoms with van der Waals surface area (Å²) in [5.74, 6) is 3.69. The largest absolute Gasteiger partial charge is 0.493 e. The van der Waals surface area contributed by atoms with Crippen LogP contribution in [-0.4, -0.2) is 46.4 Å². The first kappa shape index (κ1) is 24.4. The minimum Gasteiger partial charge on any atom is -0.493 e. The van der Waals surface area contributed by atoms with E-state index in [-0.39, 0.29) is 19.2 Å². The van der Waals surface area contributed by atoms with Gasteiger partial charge in [-0.2, -0.15) is 0 Å². The minimum atomic E-state index is 0. The zero-order chi connectivity index (χ0) is 21.6. The maximum Gasteiger partial charge on any atom is 0.231 e. The number of thioether (sulfide) groups is 1. The summed E-state index contributed by atoms with van der Waals surface area (Å²) in [6.07, 6.45) is 0. The van der Waals surface area contributed by atoms with Crippen molar-refractivity contribution < 1.29 is 18.9 Å². The molecule has 0 saturated heterocycles. The van der Waals surface area contributed by atoms with Crippen LogP contribution in [0, 0.1) is 0 Å². The topological polar surface area (TPSA) is 92.6 Å². The van der Waals surface area contributed by atoms with Crippen LogP contribution in [0.2, 0.25) is 0 Å². The average Bonchev–Trinajstić information content (AvgIpc) is 3.40. The van der Waals surface area contributed by atoms with Crippen LogP contribution in [0.15, 0.2) is 40.0 Å².